The lowest BCUT2D eigenvalue weighted by molar-refractivity contribution is -0.137. The molecule has 0 aliphatic carbocycles. The number of alkyl halides is 3. The van der Waals surface area contributed by atoms with Crippen LogP contribution in [0, 0.1) is 0 Å². The first-order valence-corrected chi connectivity index (χ1v) is 11.9. The Hall–Kier alpha value is -2.92. The van der Waals surface area contributed by atoms with Gasteiger partial charge in [0.1, 0.15) is 10.6 Å². The largest absolute Gasteiger partial charge is 0.492 e. The van der Waals surface area contributed by atoms with E-state index in [-0.39, 0.29) is 29.1 Å². The summed E-state index contributed by atoms with van der Waals surface area (Å²) < 4.78 is 77.5. The molecule has 1 unspecified atom stereocenters. The predicted octanol–water partition coefficient (Wildman–Crippen LogP) is 4.72. The van der Waals surface area contributed by atoms with E-state index in [1.807, 2.05) is 0 Å². The van der Waals surface area contributed by atoms with E-state index in [9.17, 15) is 21.6 Å². The lowest BCUT2D eigenvalue weighted by Crippen LogP contribution is -2.39. The fourth-order valence-corrected chi connectivity index (χ4v) is 5.41. The third-order valence-corrected chi connectivity index (χ3v) is 7.30. The predicted molar refractivity (Wildman–Crippen MR) is 113 cm³/mol. The van der Waals surface area contributed by atoms with E-state index >= 15 is 0 Å². The molecule has 1 aliphatic heterocycles. The minimum atomic E-state index is -4.43. The van der Waals surface area contributed by atoms with Crippen molar-refractivity contribution >= 4 is 10.0 Å². The Morgan fingerprint density at radius 2 is 1.85 bits per heavy atom. The number of hydrogen-bond donors (Lipinski definition) is 0. The third kappa shape index (κ3) is 4.88. The second-order valence-electron chi connectivity index (χ2n) is 7.60. The van der Waals surface area contributed by atoms with Gasteiger partial charge in [-0.25, -0.2) is 8.42 Å². The molecular weight excluding hydrogens is 459 g/mol. The van der Waals surface area contributed by atoms with Gasteiger partial charge in [0.05, 0.1) is 18.1 Å². The van der Waals surface area contributed by atoms with Crippen molar-refractivity contribution in [3.05, 3.63) is 60.0 Å². The molecule has 1 saturated heterocycles. The Morgan fingerprint density at radius 1 is 1.12 bits per heavy atom. The molecule has 7 nitrogen and oxygen atoms in total. The maximum absolute atomic E-state index is 13.3. The molecule has 33 heavy (non-hydrogen) atoms. The van der Waals surface area contributed by atoms with Gasteiger partial charge in [-0.1, -0.05) is 12.1 Å². The van der Waals surface area contributed by atoms with Crippen molar-refractivity contribution in [1.82, 2.24) is 14.5 Å². The standard InChI is InChI=1S/C22H22F3N3O4S/c1-2-31-18-7-3-4-8-19(18)33(29,30)28-13-5-6-16(14-28)21-27-26-20(32-21)15-9-11-17(12-10-15)22(23,24)25/h3-4,7-12,16H,2,5-6,13-14H2,1H3. The average molecular weight is 481 g/mol. The molecule has 176 valence electrons. The van der Waals surface area contributed by atoms with Crippen molar-refractivity contribution < 1.29 is 30.7 Å². The monoisotopic (exact) mass is 481 g/mol. The van der Waals surface area contributed by atoms with Crippen LogP contribution in [0.3, 0.4) is 0 Å². The van der Waals surface area contributed by atoms with Crippen molar-refractivity contribution in [3.63, 3.8) is 0 Å². The van der Waals surface area contributed by atoms with E-state index in [2.05, 4.69) is 10.2 Å². The number of hydrogen-bond acceptors (Lipinski definition) is 6. The van der Waals surface area contributed by atoms with Crippen molar-refractivity contribution in [2.24, 2.45) is 0 Å². The first kappa shape index (κ1) is 23.2. The summed E-state index contributed by atoms with van der Waals surface area (Å²) >= 11 is 0. The summed E-state index contributed by atoms with van der Waals surface area (Å²) in [6.07, 6.45) is -3.19. The van der Waals surface area contributed by atoms with E-state index in [1.165, 1.54) is 22.5 Å². The molecule has 11 heteroatoms. The van der Waals surface area contributed by atoms with E-state index in [0.717, 1.165) is 12.1 Å². The molecule has 2 aromatic carbocycles. The molecule has 3 aromatic rings. The van der Waals surface area contributed by atoms with Crippen molar-refractivity contribution in [2.75, 3.05) is 19.7 Å². The highest BCUT2D eigenvalue weighted by Gasteiger charge is 2.35. The quantitative estimate of drug-likeness (QED) is 0.506. The molecule has 0 spiro atoms. The van der Waals surface area contributed by atoms with Crippen LogP contribution in [-0.2, 0) is 16.2 Å². The fourth-order valence-electron chi connectivity index (χ4n) is 3.76. The Morgan fingerprint density at radius 3 is 2.55 bits per heavy atom. The van der Waals surface area contributed by atoms with Gasteiger partial charge in [0, 0.05) is 18.7 Å². The lowest BCUT2D eigenvalue weighted by Gasteiger charge is -2.30. The first-order chi connectivity index (χ1) is 15.7. The van der Waals surface area contributed by atoms with Gasteiger partial charge in [-0.15, -0.1) is 10.2 Å². The number of aromatic nitrogens is 2. The van der Waals surface area contributed by atoms with Crippen LogP contribution in [0.1, 0.15) is 37.1 Å². The summed E-state index contributed by atoms with van der Waals surface area (Å²) in [5, 5.41) is 7.99. The Labute approximate surface area is 189 Å². The zero-order chi connectivity index (χ0) is 23.6. The van der Waals surface area contributed by atoms with Crippen LogP contribution in [0.2, 0.25) is 0 Å². The van der Waals surface area contributed by atoms with Gasteiger partial charge in [0.25, 0.3) is 0 Å². The normalized spacial score (nSPS) is 17.8. The second-order valence-corrected chi connectivity index (χ2v) is 9.51. The van der Waals surface area contributed by atoms with Crippen LogP contribution in [0.4, 0.5) is 13.2 Å². The first-order valence-electron chi connectivity index (χ1n) is 10.4. The van der Waals surface area contributed by atoms with Gasteiger partial charge in [0.2, 0.25) is 21.8 Å². The number of sulfonamides is 1. The molecule has 0 bridgehead atoms. The highest BCUT2D eigenvalue weighted by molar-refractivity contribution is 7.89. The number of rotatable bonds is 6. The molecule has 1 atom stereocenters. The molecule has 4 rings (SSSR count). The van der Waals surface area contributed by atoms with Gasteiger partial charge in [0.15, 0.2) is 0 Å². The molecule has 2 heterocycles. The van der Waals surface area contributed by atoms with E-state index in [4.69, 9.17) is 9.15 Å². The molecular formula is C22H22F3N3O4S. The summed E-state index contributed by atoms with van der Waals surface area (Å²) in [6, 6.07) is 10.9. The van der Waals surface area contributed by atoms with E-state index in [0.29, 0.717) is 37.3 Å². The van der Waals surface area contributed by atoms with Gasteiger partial charge in [-0.05, 0) is 56.2 Å². The Balaban J connectivity index is 1.53. The SMILES string of the molecule is CCOc1ccccc1S(=O)(=O)N1CCCC(c2nnc(-c3ccc(C(F)(F)F)cc3)o2)C1. The molecule has 1 aromatic heterocycles. The van der Waals surface area contributed by atoms with Crippen LogP contribution < -0.4 is 4.74 Å². The van der Waals surface area contributed by atoms with Crippen LogP contribution in [-0.4, -0.2) is 42.6 Å². The zero-order valence-electron chi connectivity index (χ0n) is 17.7. The van der Waals surface area contributed by atoms with Gasteiger partial charge < -0.3 is 9.15 Å². The number of nitrogens with zero attached hydrogens (tertiary/aromatic N) is 3. The zero-order valence-corrected chi connectivity index (χ0v) is 18.6. The number of para-hydroxylation sites is 1. The average Bonchev–Trinajstić information content (AvgIpc) is 3.30. The number of benzene rings is 2. The minimum Gasteiger partial charge on any atom is -0.492 e. The van der Waals surface area contributed by atoms with Crippen molar-refractivity contribution in [2.45, 2.75) is 36.8 Å². The van der Waals surface area contributed by atoms with Crippen LogP contribution in [0.15, 0.2) is 57.8 Å². The molecule has 0 amide bonds. The summed E-state index contributed by atoms with van der Waals surface area (Å²) in [4.78, 5) is 0.100. The van der Waals surface area contributed by atoms with E-state index in [1.54, 1.807) is 25.1 Å². The number of piperidine rings is 1. The topological polar surface area (TPSA) is 85.5 Å². The number of ether oxygens (including phenoxy) is 1. The summed E-state index contributed by atoms with van der Waals surface area (Å²) in [7, 11) is -3.81. The van der Waals surface area contributed by atoms with Gasteiger partial charge in [-0.3, -0.25) is 0 Å². The summed E-state index contributed by atoms with van der Waals surface area (Å²) in [6.45, 7) is 2.62. The van der Waals surface area contributed by atoms with Crippen molar-refractivity contribution in [1.29, 1.82) is 0 Å². The lowest BCUT2D eigenvalue weighted by atomic mass is 10.00. The van der Waals surface area contributed by atoms with Crippen LogP contribution >= 0.6 is 0 Å². The molecule has 0 saturated carbocycles. The molecule has 0 N–H and O–H groups in total. The number of halogens is 3. The van der Waals surface area contributed by atoms with Crippen LogP contribution in [0.5, 0.6) is 5.75 Å². The fraction of sp³-hybridized carbons (Fsp3) is 0.364. The highest BCUT2D eigenvalue weighted by atomic mass is 32.2. The molecule has 1 aliphatic rings. The Kier molecular flexibility index (Phi) is 6.44. The van der Waals surface area contributed by atoms with Gasteiger partial charge in [-0.2, -0.15) is 17.5 Å². The maximum Gasteiger partial charge on any atom is 0.416 e. The van der Waals surface area contributed by atoms with Crippen LogP contribution in [0.25, 0.3) is 11.5 Å². The summed E-state index contributed by atoms with van der Waals surface area (Å²) in [5.41, 5.74) is -0.417. The van der Waals surface area contributed by atoms with E-state index < -0.39 is 21.8 Å². The van der Waals surface area contributed by atoms with Crippen molar-refractivity contribution in [3.8, 4) is 17.2 Å². The Bertz CT molecular complexity index is 1210. The molecule has 0 radical (unpaired) electrons. The van der Waals surface area contributed by atoms with Gasteiger partial charge >= 0.3 is 6.18 Å². The molecule has 1 fully saturated rings. The third-order valence-electron chi connectivity index (χ3n) is 5.40. The highest BCUT2D eigenvalue weighted by Crippen LogP contribution is 2.34. The minimum absolute atomic E-state index is 0.0837. The smallest absolute Gasteiger partial charge is 0.416 e. The second kappa shape index (κ2) is 9.14. The summed E-state index contributed by atoms with van der Waals surface area (Å²) in [5.74, 6) is 0.302. The maximum atomic E-state index is 13.3.